The summed E-state index contributed by atoms with van der Waals surface area (Å²) in [6.45, 7) is 1.92. The molecule has 9 heteroatoms. The third-order valence-corrected chi connectivity index (χ3v) is 6.59. The number of hydrogen-bond donors (Lipinski definition) is 2. The molecule has 3 aromatic carbocycles. The third-order valence-electron chi connectivity index (χ3n) is 4.41. The van der Waals surface area contributed by atoms with Crippen molar-refractivity contribution in [1.29, 1.82) is 0 Å². The lowest BCUT2D eigenvalue weighted by molar-refractivity contribution is -0.115. The van der Waals surface area contributed by atoms with E-state index in [1.807, 2.05) is 19.1 Å². The van der Waals surface area contributed by atoms with Crippen molar-refractivity contribution < 1.29 is 17.9 Å². The van der Waals surface area contributed by atoms with Gasteiger partial charge in [-0.05, 0) is 43.3 Å². The highest BCUT2D eigenvalue weighted by atomic mass is 35.5. The van der Waals surface area contributed by atoms with E-state index in [0.29, 0.717) is 11.4 Å². The number of ether oxygens (including phenoxy) is 1. The second-order valence-electron chi connectivity index (χ2n) is 6.77. The van der Waals surface area contributed by atoms with Crippen LogP contribution in [0.15, 0.2) is 65.6 Å². The number of carbonyl (C=O) groups excluding carboxylic acids is 1. The van der Waals surface area contributed by atoms with Gasteiger partial charge in [0.2, 0.25) is 5.91 Å². The van der Waals surface area contributed by atoms with Crippen LogP contribution in [0.5, 0.6) is 5.75 Å². The lowest BCUT2D eigenvalue weighted by Gasteiger charge is -2.13. The number of amides is 1. The monoisotopic (exact) mass is 478 g/mol. The second kappa shape index (κ2) is 9.60. The normalized spacial score (nSPS) is 11.1. The fourth-order valence-electron chi connectivity index (χ4n) is 2.95. The van der Waals surface area contributed by atoms with Crippen molar-refractivity contribution in [1.82, 2.24) is 0 Å². The molecular weight excluding hydrogens is 459 g/mol. The summed E-state index contributed by atoms with van der Waals surface area (Å²) in [6.07, 6.45) is 0.0629. The Hall–Kier alpha value is -2.74. The molecule has 3 aromatic rings. The van der Waals surface area contributed by atoms with Crippen LogP contribution in [0.3, 0.4) is 0 Å². The Morgan fingerprint density at radius 1 is 1.00 bits per heavy atom. The third kappa shape index (κ3) is 5.70. The van der Waals surface area contributed by atoms with Crippen molar-refractivity contribution in [3.8, 4) is 5.75 Å². The van der Waals surface area contributed by atoms with Gasteiger partial charge in [-0.2, -0.15) is 0 Å². The highest BCUT2D eigenvalue weighted by Gasteiger charge is 2.20. The molecule has 0 fully saturated rings. The first-order valence-corrected chi connectivity index (χ1v) is 11.4. The maximum Gasteiger partial charge on any atom is 0.263 e. The van der Waals surface area contributed by atoms with E-state index in [1.54, 1.807) is 24.3 Å². The second-order valence-corrected chi connectivity index (χ2v) is 9.24. The molecule has 0 saturated heterocycles. The first kappa shape index (κ1) is 22.9. The maximum absolute atomic E-state index is 12.8. The number of methoxy groups -OCH3 is 1. The number of carbonyl (C=O) groups is 1. The molecule has 6 nitrogen and oxygen atoms in total. The molecule has 0 atom stereocenters. The van der Waals surface area contributed by atoms with Gasteiger partial charge in [0, 0.05) is 11.3 Å². The minimum atomic E-state index is -4.04. The van der Waals surface area contributed by atoms with E-state index in [4.69, 9.17) is 27.9 Å². The molecule has 0 heterocycles. The molecule has 162 valence electrons. The zero-order chi connectivity index (χ0) is 22.6. The number of benzene rings is 3. The minimum Gasteiger partial charge on any atom is -0.496 e. The van der Waals surface area contributed by atoms with E-state index < -0.39 is 10.0 Å². The molecule has 0 unspecified atom stereocenters. The smallest absolute Gasteiger partial charge is 0.263 e. The number of halogens is 2. The SMILES string of the molecule is COc1ccc(C)cc1CC(=O)Nc1ccc(Cl)c(S(=O)(=O)Nc2ccccc2Cl)c1. The molecule has 0 spiro atoms. The highest BCUT2D eigenvalue weighted by Crippen LogP contribution is 2.29. The van der Waals surface area contributed by atoms with E-state index in [9.17, 15) is 13.2 Å². The molecule has 0 aliphatic heterocycles. The maximum atomic E-state index is 12.8. The first-order valence-electron chi connectivity index (χ1n) is 9.20. The first-order chi connectivity index (χ1) is 14.7. The van der Waals surface area contributed by atoms with Crippen LogP contribution < -0.4 is 14.8 Å². The summed E-state index contributed by atoms with van der Waals surface area (Å²) in [5, 5.41) is 2.97. The van der Waals surface area contributed by atoms with Crippen LogP contribution in [0, 0.1) is 6.92 Å². The summed E-state index contributed by atoms with van der Waals surface area (Å²) in [7, 11) is -2.50. The van der Waals surface area contributed by atoms with E-state index in [0.717, 1.165) is 11.1 Å². The predicted octanol–water partition coefficient (Wildman–Crippen LogP) is 5.29. The highest BCUT2D eigenvalue weighted by molar-refractivity contribution is 7.92. The molecule has 2 N–H and O–H groups in total. The number of sulfonamides is 1. The number of anilines is 2. The predicted molar refractivity (Wildman–Crippen MR) is 124 cm³/mol. The molecule has 0 aliphatic rings. The molecule has 1 amide bonds. The largest absolute Gasteiger partial charge is 0.496 e. The Morgan fingerprint density at radius 3 is 2.45 bits per heavy atom. The Labute approximate surface area is 191 Å². The number of hydrogen-bond acceptors (Lipinski definition) is 4. The lowest BCUT2D eigenvalue weighted by atomic mass is 10.1. The fraction of sp³-hybridized carbons (Fsp3) is 0.136. The van der Waals surface area contributed by atoms with Gasteiger partial charge in [0.05, 0.1) is 29.3 Å². The number of aryl methyl sites for hydroxylation is 1. The van der Waals surface area contributed by atoms with Crippen LogP contribution in [-0.2, 0) is 21.2 Å². The van der Waals surface area contributed by atoms with E-state index in [-0.39, 0.29) is 33.0 Å². The summed E-state index contributed by atoms with van der Waals surface area (Å²) in [4.78, 5) is 12.4. The van der Waals surface area contributed by atoms with Gasteiger partial charge in [0.15, 0.2) is 0 Å². The molecular formula is C22H20Cl2N2O4S. The van der Waals surface area contributed by atoms with Gasteiger partial charge in [0.1, 0.15) is 10.6 Å². The van der Waals surface area contributed by atoms with Gasteiger partial charge >= 0.3 is 0 Å². The molecule has 0 radical (unpaired) electrons. The van der Waals surface area contributed by atoms with Gasteiger partial charge in [-0.25, -0.2) is 8.42 Å². The molecule has 0 saturated carbocycles. The van der Waals surface area contributed by atoms with E-state index in [1.165, 1.54) is 31.4 Å². The average molecular weight is 479 g/mol. The Kier molecular flexibility index (Phi) is 7.10. The van der Waals surface area contributed by atoms with Crippen LogP contribution in [-0.4, -0.2) is 21.4 Å². The minimum absolute atomic E-state index is 0.0119. The van der Waals surface area contributed by atoms with Crippen molar-refractivity contribution in [3.05, 3.63) is 81.8 Å². The zero-order valence-corrected chi connectivity index (χ0v) is 19.1. The quantitative estimate of drug-likeness (QED) is 0.482. The fourth-order valence-corrected chi connectivity index (χ4v) is 4.80. The molecule has 31 heavy (non-hydrogen) atoms. The van der Waals surface area contributed by atoms with E-state index >= 15 is 0 Å². The van der Waals surface area contributed by atoms with Crippen molar-refractivity contribution >= 4 is 50.5 Å². The van der Waals surface area contributed by atoms with Gasteiger partial charge in [-0.15, -0.1) is 0 Å². The number of para-hydroxylation sites is 1. The standard InChI is InChI=1S/C22H20Cl2N2O4S/c1-14-7-10-20(30-2)15(11-14)12-22(27)25-16-8-9-18(24)21(13-16)31(28,29)26-19-6-4-3-5-17(19)23/h3-11,13,26H,12H2,1-2H3,(H,25,27). The van der Waals surface area contributed by atoms with Crippen LogP contribution >= 0.6 is 23.2 Å². The van der Waals surface area contributed by atoms with E-state index in [2.05, 4.69) is 10.0 Å². The molecule has 0 aromatic heterocycles. The summed E-state index contributed by atoms with van der Waals surface area (Å²) in [5.41, 5.74) is 2.23. The van der Waals surface area contributed by atoms with Gasteiger partial charge in [-0.3, -0.25) is 9.52 Å². The number of nitrogens with one attached hydrogen (secondary N) is 2. The Balaban J connectivity index is 1.82. The van der Waals surface area contributed by atoms with Crippen LogP contribution in [0.25, 0.3) is 0 Å². The summed E-state index contributed by atoms with van der Waals surface area (Å²) in [6, 6.07) is 16.2. The molecule has 3 rings (SSSR count). The summed E-state index contributed by atoms with van der Waals surface area (Å²) >= 11 is 12.2. The summed E-state index contributed by atoms with van der Waals surface area (Å²) < 4.78 is 33.4. The van der Waals surface area contributed by atoms with Crippen LogP contribution in [0.2, 0.25) is 10.0 Å². The van der Waals surface area contributed by atoms with Crippen molar-refractivity contribution in [2.75, 3.05) is 17.1 Å². The Morgan fingerprint density at radius 2 is 1.74 bits per heavy atom. The molecule has 0 bridgehead atoms. The van der Waals surface area contributed by atoms with Gasteiger partial charge in [0.25, 0.3) is 10.0 Å². The van der Waals surface area contributed by atoms with Gasteiger partial charge in [-0.1, -0.05) is 53.0 Å². The average Bonchev–Trinajstić information content (AvgIpc) is 2.71. The van der Waals surface area contributed by atoms with Crippen molar-refractivity contribution in [2.24, 2.45) is 0 Å². The van der Waals surface area contributed by atoms with Crippen LogP contribution in [0.4, 0.5) is 11.4 Å². The topological polar surface area (TPSA) is 84.5 Å². The van der Waals surface area contributed by atoms with Crippen LogP contribution in [0.1, 0.15) is 11.1 Å². The number of rotatable bonds is 7. The Bertz CT molecular complexity index is 1230. The van der Waals surface area contributed by atoms with Crippen molar-refractivity contribution in [2.45, 2.75) is 18.2 Å². The zero-order valence-electron chi connectivity index (χ0n) is 16.8. The van der Waals surface area contributed by atoms with Gasteiger partial charge < -0.3 is 10.1 Å². The lowest BCUT2D eigenvalue weighted by Crippen LogP contribution is -2.17. The van der Waals surface area contributed by atoms with Crippen molar-refractivity contribution in [3.63, 3.8) is 0 Å². The summed E-state index contributed by atoms with van der Waals surface area (Å²) in [5.74, 6) is 0.276. The molecule has 0 aliphatic carbocycles.